The number of urea groups is 1. The van der Waals surface area contributed by atoms with Gasteiger partial charge < -0.3 is 14.7 Å². The number of carbonyl (C=O) groups is 1. The van der Waals surface area contributed by atoms with E-state index in [-0.39, 0.29) is 36.5 Å². The summed E-state index contributed by atoms with van der Waals surface area (Å²) in [7, 11) is 0. The van der Waals surface area contributed by atoms with E-state index in [4.69, 9.17) is 4.52 Å². The van der Waals surface area contributed by atoms with Crippen LogP contribution in [0.25, 0.3) is 0 Å². The summed E-state index contributed by atoms with van der Waals surface area (Å²) < 4.78 is 58.1. The third kappa shape index (κ3) is 5.57. The predicted octanol–water partition coefficient (Wildman–Crippen LogP) is 4.88. The van der Waals surface area contributed by atoms with Gasteiger partial charge in [0.2, 0.25) is 5.89 Å². The largest absolute Gasteiger partial charge is 0.403 e. The van der Waals surface area contributed by atoms with Crippen LogP contribution in [0.2, 0.25) is 0 Å². The molecule has 2 saturated heterocycles. The Labute approximate surface area is 223 Å². The highest BCUT2D eigenvalue weighted by atomic mass is 19.4. The topological polar surface area (TPSA) is 111 Å². The fourth-order valence-corrected chi connectivity index (χ4v) is 5.44. The molecule has 5 rings (SSSR count). The molecule has 3 fully saturated rings. The van der Waals surface area contributed by atoms with Crippen molar-refractivity contribution in [3.63, 3.8) is 0 Å². The Bertz CT molecular complexity index is 1240. The zero-order valence-corrected chi connectivity index (χ0v) is 21.8. The summed E-state index contributed by atoms with van der Waals surface area (Å²) in [6.45, 7) is 4.46. The van der Waals surface area contributed by atoms with Gasteiger partial charge in [-0.3, -0.25) is 9.88 Å². The molecule has 1 saturated carbocycles. The predicted molar refractivity (Wildman–Crippen MR) is 132 cm³/mol. The highest BCUT2D eigenvalue weighted by molar-refractivity contribution is 5.91. The van der Waals surface area contributed by atoms with E-state index in [0.29, 0.717) is 68.3 Å². The molecule has 2 aromatic rings. The van der Waals surface area contributed by atoms with E-state index < -0.39 is 23.8 Å². The summed E-state index contributed by atoms with van der Waals surface area (Å²) in [6, 6.07) is 1.71. The lowest BCUT2D eigenvalue weighted by Gasteiger charge is -2.38. The van der Waals surface area contributed by atoms with Crippen molar-refractivity contribution in [2.45, 2.75) is 81.6 Å². The van der Waals surface area contributed by atoms with Crippen molar-refractivity contribution in [1.82, 2.24) is 24.9 Å². The maximum atomic E-state index is 13.4. The minimum atomic E-state index is -4.30. The molecule has 2 amide bonds. The molecule has 4 heterocycles. The van der Waals surface area contributed by atoms with Crippen molar-refractivity contribution in [3.8, 4) is 6.07 Å². The molecule has 0 radical (unpaired) electrons. The van der Waals surface area contributed by atoms with Crippen LogP contribution in [-0.2, 0) is 5.41 Å². The standard InChI is InChI=1S/C26H31F4N7O2/c1-15(26(28,29)30)36-9-4-16(5-10-36)20-21(17(14-31)3-8-32-20)33-24(38)37-11-6-25(2,7-12-37)23-34-22(39-35-23)18-13-19(18)27/h3,8,15-16,18-19H,4-7,9-13H2,1-2H3,(H,33,38)/t15?,18-,19+/m1/s1. The Morgan fingerprint density at radius 1 is 1.26 bits per heavy atom. The Hall–Kier alpha value is -3.27. The van der Waals surface area contributed by atoms with Crippen molar-refractivity contribution in [1.29, 1.82) is 5.26 Å². The number of halogens is 4. The minimum Gasteiger partial charge on any atom is -0.339 e. The van der Waals surface area contributed by atoms with E-state index in [0.717, 1.165) is 6.92 Å². The fourth-order valence-electron chi connectivity index (χ4n) is 5.44. The molecule has 0 spiro atoms. The molecule has 9 nitrogen and oxygen atoms in total. The van der Waals surface area contributed by atoms with Gasteiger partial charge in [-0.2, -0.15) is 23.4 Å². The number of likely N-dealkylation sites (tertiary alicyclic amines) is 2. The normalized spacial score (nSPS) is 24.7. The number of piperidine rings is 2. The molecule has 39 heavy (non-hydrogen) atoms. The second-order valence-corrected chi connectivity index (χ2v) is 11.1. The summed E-state index contributed by atoms with van der Waals surface area (Å²) >= 11 is 0. The zero-order chi connectivity index (χ0) is 27.9. The highest BCUT2D eigenvalue weighted by Crippen LogP contribution is 2.44. The zero-order valence-electron chi connectivity index (χ0n) is 21.8. The maximum absolute atomic E-state index is 13.4. The molecule has 2 aliphatic heterocycles. The van der Waals surface area contributed by atoms with Crippen LogP contribution in [0.5, 0.6) is 0 Å². The highest BCUT2D eigenvalue weighted by Gasteiger charge is 2.45. The monoisotopic (exact) mass is 549 g/mol. The number of nitrogens with zero attached hydrogens (tertiary/aromatic N) is 6. The minimum absolute atomic E-state index is 0.183. The lowest BCUT2D eigenvalue weighted by atomic mass is 9.80. The number of alkyl halides is 4. The van der Waals surface area contributed by atoms with Crippen molar-refractivity contribution in [2.24, 2.45) is 0 Å². The van der Waals surface area contributed by atoms with Gasteiger partial charge in [-0.1, -0.05) is 12.1 Å². The van der Waals surface area contributed by atoms with E-state index >= 15 is 0 Å². The summed E-state index contributed by atoms with van der Waals surface area (Å²) in [4.78, 5) is 25.2. The van der Waals surface area contributed by atoms with Crippen LogP contribution in [0.15, 0.2) is 16.8 Å². The molecular formula is C26H31F4N7O2. The van der Waals surface area contributed by atoms with Gasteiger partial charge in [0.05, 0.1) is 22.9 Å². The Morgan fingerprint density at radius 3 is 2.51 bits per heavy atom. The summed E-state index contributed by atoms with van der Waals surface area (Å²) in [5.74, 6) is 0.344. The Balaban J connectivity index is 1.23. The number of rotatable bonds is 5. The number of amides is 2. The first-order valence-corrected chi connectivity index (χ1v) is 13.2. The van der Waals surface area contributed by atoms with Gasteiger partial charge in [-0.25, -0.2) is 9.18 Å². The van der Waals surface area contributed by atoms with Crippen LogP contribution < -0.4 is 5.32 Å². The third-order valence-corrected chi connectivity index (χ3v) is 8.44. The molecule has 3 atom stereocenters. The van der Waals surface area contributed by atoms with E-state index in [9.17, 15) is 27.6 Å². The summed E-state index contributed by atoms with van der Waals surface area (Å²) in [5.41, 5.74) is 0.674. The van der Waals surface area contributed by atoms with Crippen LogP contribution in [0.3, 0.4) is 0 Å². The van der Waals surface area contributed by atoms with E-state index in [1.807, 2.05) is 6.92 Å². The summed E-state index contributed by atoms with van der Waals surface area (Å²) in [6.07, 6.45) is -1.31. The smallest absolute Gasteiger partial charge is 0.339 e. The van der Waals surface area contributed by atoms with Crippen LogP contribution >= 0.6 is 0 Å². The third-order valence-electron chi connectivity index (χ3n) is 8.44. The second-order valence-electron chi connectivity index (χ2n) is 11.1. The van der Waals surface area contributed by atoms with Crippen molar-refractivity contribution in [3.05, 3.63) is 35.2 Å². The molecule has 3 aliphatic rings. The van der Waals surface area contributed by atoms with Crippen LogP contribution in [0.4, 0.5) is 28.0 Å². The number of hydrogen-bond donors (Lipinski definition) is 1. The van der Waals surface area contributed by atoms with Gasteiger partial charge >= 0.3 is 12.2 Å². The number of anilines is 1. The van der Waals surface area contributed by atoms with E-state index in [1.54, 1.807) is 4.90 Å². The second kappa shape index (κ2) is 10.4. The van der Waals surface area contributed by atoms with Crippen LogP contribution in [0.1, 0.15) is 80.8 Å². The fraction of sp³-hybridized carbons (Fsp3) is 0.654. The molecule has 2 aromatic heterocycles. The lowest BCUT2D eigenvalue weighted by molar-refractivity contribution is -0.181. The van der Waals surface area contributed by atoms with Gasteiger partial charge in [0, 0.05) is 30.6 Å². The number of hydrogen-bond acceptors (Lipinski definition) is 7. The average molecular weight is 550 g/mol. The van der Waals surface area contributed by atoms with Crippen LogP contribution in [-0.4, -0.2) is 75.5 Å². The van der Waals surface area contributed by atoms with Gasteiger partial charge in [-0.05, 0) is 58.2 Å². The number of carbonyl (C=O) groups excluding carboxylic acids is 1. The first kappa shape index (κ1) is 27.3. The lowest BCUT2D eigenvalue weighted by Crippen LogP contribution is -2.47. The van der Waals surface area contributed by atoms with Gasteiger partial charge in [0.25, 0.3) is 0 Å². The molecule has 1 unspecified atom stereocenters. The van der Waals surface area contributed by atoms with Crippen molar-refractivity contribution >= 4 is 11.7 Å². The molecule has 0 aromatic carbocycles. The van der Waals surface area contributed by atoms with Crippen molar-refractivity contribution < 1.29 is 26.9 Å². The number of nitrogens with one attached hydrogen (secondary N) is 1. The quantitative estimate of drug-likeness (QED) is 0.530. The molecule has 210 valence electrons. The van der Waals surface area contributed by atoms with Gasteiger partial charge in [-0.15, -0.1) is 0 Å². The number of pyridine rings is 1. The van der Waals surface area contributed by atoms with E-state index in [1.165, 1.54) is 17.2 Å². The molecule has 0 bridgehead atoms. The Kier molecular flexibility index (Phi) is 7.26. The molecular weight excluding hydrogens is 518 g/mol. The average Bonchev–Trinajstić information content (AvgIpc) is 3.43. The number of nitriles is 1. The molecule has 1 N–H and O–H groups in total. The maximum Gasteiger partial charge on any atom is 0.403 e. The first-order chi connectivity index (χ1) is 18.5. The summed E-state index contributed by atoms with van der Waals surface area (Å²) in [5, 5.41) is 16.7. The van der Waals surface area contributed by atoms with Crippen LogP contribution in [0, 0.1) is 11.3 Å². The van der Waals surface area contributed by atoms with E-state index in [2.05, 4.69) is 26.5 Å². The van der Waals surface area contributed by atoms with Gasteiger partial charge in [0.1, 0.15) is 18.3 Å². The SMILES string of the molecule is CC(N1CCC(c2nccc(C#N)c2NC(=O)N2CCC(C)(c3noc([C@@H]4C[C@@H]4F)n3)CC2)CC1)C(F)(F)F. The number of aromatic nitrogens is 3. The van der Waals surface area contributed by atoms with Crippen molar-refractivity contribution in [2.75, 3.05) is 31.5 Å². The first-order valence-electron chi connectivity index (χ1n) is 13.2. The Morgan fingerprint density at radius 2 is 1.92 bits per heavy atom. The molecule has 1 aliphatic carbocycles. The van der Waals surface area contributed by atoms with Gasteiger partial charge in [0.15, 0.2) is 5.82 Å². The molecule has 13 heteroatoms.